The van der Waals surface area contributed by atoms with E-state index in [9.17, 15) is 0 Å². The Bertz CT molecular complexity index is 798. The van der Waals surface area contributed by atoms with E-state index in [4.69, 9.17) is 4.74 Å². The summed E-state index contributed by atoms with van der Waals surface area (Å²) in [6.45, 7) is 4.25. The Kier molecular flexibility index (Phi) is 2.73. The summed E-state index contributed by atoms with van der Waals surface area (Å²) in [5, 5.41) is 8.12. The first-order valence-corrected chi connectivity index (χ1v) is 6.93. The van der Waals surface area contributed by atoms with Gasteiger partial charge in [0.05, 0.1) is 6.54 Å². The molecule has 0 spiro atoms. The highest BCUT2D eigenvalue weighted by Gasteiger charge is 2.19. The average Bonchev–Trinajstić information content (AvgIpc) is 2.87. The summed E-state index contributed by atoms with van der Waals surface area (Å²) >= 11 is 0. The summed E-state index contributed by atoms with van der Waals surface area (Å²) in [5.41, 5.74) is 3.18. The third-order valence-corrected chi connectivity index (χ3v) is 3.69. The van der Waals surface area contributed by atoms with Gasteiger partial charge >= 0.3 is 0 Å². The Morgan fingerprint density at radius 2 is 2.24 bits per heavy atom. The topological polar surface area (TPSA) is 55.6 Å². The first kappa shape index (κ1) is 12.1. The van der Waals surface area contributed by atoms with Crippen LogP contribution in [0, 0.1) is 6.92 Å². The largest absolute Gasteiger partial charge is 0.491 e. The highest BCUT2D eigenvalue weighted by molar-refractivity contribution is 5.63. The quantitative estimate of drug-likeness (QED) is 0.681. The second-order valence-corrected chi connectivity index (χ2v) is 5.19. The molecule has 0 N–H and O–H groups in total. The van der Waals surface area contributed by atoms with Crippen molar-refractivity contribution in [3.05, 3.63) is 48.0 Å². The van der Waals surface area contributed by atoms with Crippen LogP contribution in [0.2, 0.25) is 0 Å². The molecule has 0 aliphatic carbocycles. The number of rotatable bonds is 1. The molecule has 2 aromatic heterocycles. The van der Waals surface area contributed by atoms with Crippen molar-refractivity contribution in [2.24, 2.45) is 0 Å². The van der Waals surface area contributed by atoms with Crippen LogP contribution in [0.25, 0.3) is 5.65 Å². The molecule has 106 valence electrons. The molecule has 0 atom stereocenters. The lowest BCUT2D eigenvalue weighted by Gasteiger charge is -2.20. The number of hydrogen-bond acceptors (Lipinski definition) is 5. The van der Waals surface area contributed by atoms with Crippen LogP contribution in [0.3, 0.4) is 0 Å². The van der Waals surface area contributed by atoms with E-state index in [-0.39, 0.29) is 0 Å². The lowest BCUT2D eigenvalue weighted by atomic mass is 10.1. The van der Waals surface area contributed by atoms with E-state index in [1.54, 1.807) is 12.5 Å². The van der Waals surface area contributed by atoms with Crippen LogP contribution >= 0.6 is 0 Å². The molecule has 4 rings (SSSR count). The molecule has 0 radical (unpaired) electrons. The van der Waals surface area contributed by atoms with E-state index >= 15 is 0 Å². The lowest BCUT2D eigenvalue weighted by molar-refractivity contribution is 0.331. The van der Waals surface area contributed by atoms with Gasteiger partial charge < -0.3 is 9.64 Å². The maximum atomic E-state index is 5.84. The third kappa shape index (κ3) is 2.08. The van der Waals surface area contributed by atoms with E-state index in [0.717, 1.165) is 30.3 Å². The normalized spacial score (nSPS) is 14.6. The third-order valence-electron chi connectivity index (χ3n) is 3.69. The molecular formula is C15H15N5O. The van der Waals surface area contributed by atoms with E-state index in [2.05, 4.69) is 39.1 Å². The zero-order valence-electron chi connectivity index (χ0n) is 11.7. The summed E-state index contributed by atoms with van der Waals surface area (Å²) in [6.07, 6.45) is 5.31. The number of hydrogen-bond donors (Lipinski definition) is 0. The fourth-order valence-electron chi connectivity index (χ4n) is 2.67. The molecule has 6 heteroatoms. The highest BCUT2D eigenvalue weighted by Crippen LogP contribution is 2.27. The Balaban J connectivity index is 1.77. The number of fused-ring (bicyclic) bond motifs is 2. The first-order chi connectivity index (χ1) is 10.3. The van der Waals surface area contributed by atoms with E-state index in [1.165, 1.54) is 11.1 Å². The number of benzene rings is 1. The van der Waals surface area contributed by atoms with Crippen LogP contribution in [-0.2, 0) is 6.54 Å². The van der Waals surface area contributed by atoms with E-state index in [1.807, 2.05) is 16.7 Å². The van der Waals surface area contributed by atoms with Gasteiger partial charge in [0.25, 0.3) is 0 Å². The molecule has 3 heterocycles. The standard InChI is InChI=1S/C15H15N5O/c1-11-2-3-13-12(8-11)9-19(6-7-21-13)14-15-18-17-10-20(15)5-4-16-14/h2-5,8,10H,6-7,9H2,1H3. The number of nitrogens with zero attached hydrogens (tertiary/aromatic N) is 5. The second kappa shape index (κ2) is 4.73. The predicted octanol–water partition coefficient (Wildman–Crippen LogP) is 1.83. The molecule has 0 fully saturated rings. The Morgan fingerprint density at radius 1 is 1.29 bits per heavy atom. The smallest absolute Gasteiger partial charge is 0.203 e. The van der Waals surface area contributed by atoms with Gasteiger partial charge in [-0.2, -0.15) is 0 Å². The van der Waals surface area contributed by atoms with Crippen molar-refractivity contribution in [3.8, 4) is 5.75 Å². The number of aromatic nitrogens is 4. The molecule has 0 unspecified atom stereocenters. The van der Waals surface area contributed by atoms with Crippen molar-refractivity contribution in [3.63, 3.8) is 0 Å². The zero-order valence-corrected chi connectivity index (χ0v) is 11.7. The van der Waals surface area contributed by atoms with Crippen LogP contribution in [0.5, 0.6) is 5.75 Å². The van der Waals surface area contributed by atoms with Crippen molar-refractivity contribution >= 4 is 11.5 Å². The van der Waals surface area contributed by atoms with Gasteiger partial charge in [-0.25, -0.2) is 4.98 Å². The maximum absolute atomic E-state index is 5.84. The van der Waals surface area contributed by atoms with Crippen LogP contribution < -0.4 is 9.64 Å². The molecule has 1 aliphatic heterocycles. The Hall–Kier alpha value is -2.63. The summed E-state index contributed by atoms with van der Waals surface area (Å²) in [4.78, 5) is 6.68. The van der Waals surface area contributed by atoms with Crippen LogP contribution in [-0.4, -0.2) is 32.7 Å². The van der Waals surface area contributed by atoms with E-state index < -0.39 is 0 Å². The van der Waals surface area contributed by atoms with Crippen molar-refractivity contribution in [2.45, 2.75) is 13.5 Å². The molecule has 6 nitrogen and oxygen atoms in total. The highest BCUT2D eigenvalue weighted by atomic mass is 16.5. The number of anilines is 1. The fourth-order valence-corrected chi connectivity index (χ4v) is 2.67. The molecular weight excluding hydrogens is 266 g/mol. The fraction of sp³-hybridized carbons (Fsp3) is 0.267. The molecule has 0 saturated heterocycles. The number of ether oxygens (including phenoxy) is 1. The van der Waals surface area contributed by atoms with Gasteiger partial charge in [0.1, 0.15) is 18.7 Å². The van der Waals surface area contributed by atoms with Crippen molar-refractivity contribution in [1.29, 1.82) is 0 Å². The van der Waals surface area contributed by atoms with Crippen molar-refractivity contribution < 1.29 is 4.74 Å². The molecule has 0 saturated carbocycles. The van der Waals surface area contributed by atoms with Crippen molar-refractivity contribution in [1.82, 2.24) is 19.6 Å². The Morgan fingerprint density at radius 3 is 3.19 bits per heavy atom. The van der Waals surface area contributed by atoms with Gasteiger partial charge in [0.15, 0.2) is 5.82 Å². The molecule has 21 heavy (non-hydrogen) atoms. The minimum Gasteiger partial charge on any atom is -0.491 e. The summed E-state index contributed by atoms with van der Waals surface area (Å²) in [5.74, 6) is 1.80. The maximum Gasteiger partial charge on any atom is 0.203 e. The van der Waals surface area contributed by atoms with Crippen LogP contribution in [0.1, 0.15) is 11.1 Å². The number of aryl methyl sites for hydroxylation is 1. The monoisotopic (exact) mass is 281 g/mol. The van der Waals surface area contributed by atoms with Gasteiger partial charge in [-0.15, -0.1) is 10.2 Å². The van der Waals surface area contributed by atoms with Gasteiger partial charge in [-0.3, -0.25) is 4.40 Å². The predicted molar refractivity (Wildman–Crippen MR) is 78.5 cm³/mol. The average molecular weight is 281 g/mol. The van der Waals surface area contributed by atoms with E-state index in [0.29, 0.717) is 6.61 Å². The van der Waals surface area contributed by atoms with Gasteiger partial charge in [-0.1, -0.05) is 17.7 Å². The van der Waals surface area contributed by atoms with Crippen LogP contribution in [0.4, 0.5) is 5.82 Å². The van der Waals surface area contributed by atoms with Gasteiger partial charge in [0.2, 0.25) is 5.65 Å². The SMILES string of the molecule is Cc1ccc2c(c1)CN(c1nccn3cnnc13)CCO2. The molecule has 0 bridgehead atoms. The summed E-state index contributed by atoms with van der Waals surface area (Å²) < 4.78 is 7.72. The molecule has 1 aromatic carbocycles. The molecule has 3 aromatic rings. The minimum atomic E-state index is 0.632. The van der Waals surface area contributed by atoms with Gasteiger partial charge in [-0.05, 0) is 13.0 Å². The molecule has 0 amide bonds. The van der Waals surface area contributed by atoms with Crippen molar-refractivity contribution in [2.75, 3.05) is 18.1 Å². The minimum absolute atomic E-state index is 0.632. The Labute approximate surface area is 122 Å². The van der Waals surface area contributed by atoms with Gasteiger partial charge in [0, 0.05) is 24.5 Å². The first-order valence-electron chi connectivity index (χ1n) is 6.93. The zero-order chi connectivity index (χ0) is 14.2. The summed E-state index contributed by atoms with van der Waals surface area (Å²) in [6, 6.07) is 6.28. The second-order valence-electron chi connectivity index (χ2n) is 5.19. The summed E-state index contributed by atoms with van der Waals surface area (Å²) in [7, 11) is 0. The lowest BCUT2D eigenvalue weighted by Crippen LogP contribution is -2.26. The molecule has 1 aliphatic rings. The van der Waals surface area contributed by atoms with Crippen LogP contribution in [0.15, 0.2) is 36.9 Å².